The van der Waals surface area contributed by atoms with E-state index in [2.05, 4.69) is 5.32 Å². The first-order valence-electron chi connectivity index (χ1n) is 8.74. The van der Waals surface area contributed by atoms with Crippen LogP contribution in [0.15, 0.2) is 48.5 Å². The Labute approximate surface area is 148 Å². The molecule has 1 saturated carbocycles. The maximum atomic E-state index is 12.4. The minimum absolute atomic E-state index is 0.00000685. The Bertz CT molecular complexity index is 720. The Morgan fingerprint density at radius 1 is 1.16 bits per heavy atom. The third kappa shape index (κ3) is 3.91. The third-order valence-electron chi connectivity index (χ3n) is 5.13. The molecule has 0 atom stereocenters. The van der Waals surface area contributed by atoms with E-state index in [0.29, 0.717) is 18.7 Å². The van der Waals surface area contributed by atoms with E-state index >= 15 is 0 Å². The molecule has 0 spiro atoms. The molecular formula is C21H25NO3. The Kier molecular flexibility index (Phi) is 5.51. The first kappa shape index (κ1) is 17.6. The quantitative estimate of drug-likeness (QED) is 0.813. The highest BCUT2D eigenvalue weighted by atomic mass is 16.5. The van der Waals surface area contributed by atoms with Crippen LogP contribution >= 0.6 is 0 Å². The Balaban J connectivity index is 1.66. The fraction of sp³-hybridized carbons (Fsp3) is 0.381. The van der Waals surface area contributed by atoms with Gasteiger partial charge in [-0.3, -0.25) is 4.79 Å². The van der Waals surface area contributed by atoms with E-state index in [4.69, 9.17) is 4.74 Å². The summed E-state index contributed by atoms with van der Waals surface area (Å²) < 4.78 is 5.30. The normalized spacial score (nSPS) is 15.4. The summed E-state index contributed by atoms with van der Waals surface area (Å²) in [6, 6.07) is 15.3. The van der Waals surface area contributed by atoms with Crippen molar-refractivity contribution >= 4 is 5.91 Å². The molecule has 132 valence electrons. The maximum Gasteiger partial charge on any atom is 0.251 e. The number of hydrogen-bond acceptors (Lipinski definition) is 3. The SMILES string of the molecule is COCC1(CNC(=O)c2ccc(-c3ccccc3CO)cc2)CCC1. The molecule has 1 amide bonds. The zero-order valence-corrected chi connectivity index (χ0v) is 14.6. The molecule has 2 aromatic rings. The highest BCUT2D eigenvalue weighted by Crippen LogP contribution is 2.40. The Morgan fingerprint density at radius 2 is 1.88 bits per heavy atom. The molecule has 1 aliphatic rings. The average molecular weight is 339 g/mol. The molecule has 4 nitrogen and oxygen atoms in total. The van der Waals surface area contributed by atoms with E-state index in [0.717, 1.165) is 29.5 Å². The van der Waals surface area contributed by atoms with Crippen LogP contribution in [-0.2, 0) is 11.3 Å². The van der Waals surface area contributed by atoms with Gasteiger partial charge in [-0.15, -0.1) is 0 Å². The second-order valence-corrected chi connectivity index (χ2v) is 6.86. The van der Waals surface area contributed by atoms with Crippen LogP contribution in [0.3, 0.4) is 0 Å². The highest BCUT2D eigenvalue weighted by Gasteiger charge is 2.37. The molecular weight excluding hydrogens is 314 g/mol. The maximum absolute atomic E-state index is 12.4. The molecule has 2 aromatic carbocycles. The minimum Gasteiger partial charge on any atom is -0.392 e. The lowest BCUT2D eigenvalue weighted by Gasteiger charge is -2.41. The van der Waals surface area contributed by atoms with E-state index < -0.39 is 0 Å². The number of nitrogens with one attached hydrogen (secondary N) is 1. The van der Waals surface area contributed by atoms with Gasteiger partial charge in [-0.2, -0.15) is 0 Å². The largest absolute Gasteiger partial charge is 0.392 e. The lowest BCUT2D eigenvalue weighted by molar-refractivity contribution is 0.0180. The number of rotatable bonds is 7. The summed E-state index contributed by atoms with van der Waals surface area (Å²) in [7, 11) is 1.71. The van der Waals surface area contributed by atoms with Gasteiger partial charge in [-0.1, -0.05) is 42.8 Å². The summed E-state index contributed by atoms with van der Waals surface area (Å²) >= 11 is 0. The summed E-state index contributed by atoms with van der Waals surface area (Å²) in [5.74, 6) is -0.0515. The van der Waals surface area contributed by atoms with Crippen LogP contribution in [-0.4, -0.2) is 31.3 Å². The van der Waals surface area contributed by atoms with Crippen molar-refractivity contribution in [2.75, 3.05) is 20.3 Å². The van der Waals surface area contributed by atoms with Gasteiger partial charge in [0.25, 0.3) is 5.91 Å². The predicted octanol–water partition coefficient (Wildman–Crippen LogP) is 3.39. The van der Waals surface area contributed by atoms with Crippen LogP contribution in [0.5, 0.6) is 0 Å². The molecule has 0 saturated heterocycles. The summed E-state index contributed by atoms with van der Waals surface area (Å²) in [4.78, 5) is 12.4. The van der Waals surface area contributed by atoms with Crippen LogP contribution in [0.4, 0.5) is 0 Å². The molecule has 0 radical (unpaired) electrons. The van der Waals surface area contributed by atoms with Crippen LogP contribution in [0.1, 0.15) is 35.2 Å². The monoisotopic (exact) mass is 339 g/mol. The molecule has 0 aromatic heterocycles. The molecule has 1 aliphatic carbocycles. The Hall–Kier alpha value is -2.17. The zero-order chi connectivity index (χ0) is 17.7. The number of methoxy groups -OCH3 is 1. The van der Waals surface area contributed by atoms with E-state index in [1.165, 1.54) is 6.42 Å². The van der Waals surface area contributed by atoms with E-state index in [-0.39, 0.29) is 17.9 Å². The van der Waals surface area contributed by atoms with Gasteiger partial charge < -0.3 is 15.2 Å². The van der Waals surface area contributed by atoms with Gasteiger partial charge in [-0.25, -0.2) is 0 Å². The molecule has 0 heterocycles. The third-order valence-corrected chi connectivity index (χ3v) is 5.13. The van der Waals surface area contributed by atoms with Crippen molar-refractivity contribution in [1.29, 1.82) is 0 Å². The number of ether oxygens (including phenoxy) is 1. The van der Waals surface area contributed by atoms with Crippen molar-refractivity contribution in [3.8, 4) is 11.1 Å². The number of carbonyl (C=O) groups excluding carboxylic acids is 1. The average Bonchev–Trinajstić information content (AvgIpc) is 2.63. The van der Waals surface area contributed by atoms with Gasteiger partial charge in [-0.05, 0) is 41.7 Å². The highest BCUT2D eigenvalue weighted by molar-refractivity contribution is 5.94. The van der Waals surface area contributed by atoms with Crippen molar-refractivity contribution in [2.45, 2.75) is 25.9 Å². The lowest BCUT2D eigenvalue weighted by Crippen LogP contribution is -2.45. The van der Waals surface area contributed by atoms with Crippen molar-refractivity contribution in [3.63, 3.8) is 0 Å². The van der Waals surface area contributed by atoms with Gasteiger partial charge in [0.1, 0.15) is 0 Å². The number of aliphatic hydroxyl groups is 1. The van der Waals surface area contributed by atoms with Gasteiger partial charge in [0.2, 0.25) is 0 Å². The van der Waals surface area contributed by atoms with Crippen molar-refractivity contribution in [2.24, 2.45) is 5.41 Å². The lowest BCUT2D eigenvalue weighted by atomic mass is 9.69. The van der Waals surface area contributed by atoms with Gasteiger partial charge in [0, 0.05) is 24.6 Å². The molecule has 3 rings (SSSR count). The van der Waals surface area contributed by atoms with Crippen LogP contribution in [0.25, 0.3) is 11.1 Å². The van der Waals surface area contributed by atoms with Crippen LogP contribution in [0.2, 0.25) is 0 Å². The van der Waals surface area contributed by atoms with E-state index in [9.17, 15) is 9.90 Å². The molecule has 25 heavy (non-hydrogen) atoms. The smallest absolute Gasteiger partial charge is 0.251 e. The van der Waals surface area contributed by atoms with Gasteiger partial charge in [0.15, 0.2) is 0 Å². The van der Waals surface area contributed by atoms with Crippen molar-refractivity contribution in [1.82, 2.24) is 5.32 Å². The standard InChI is InChI=1S/C21H25NO3/c1-25-15-21(11-4-12-21)14-22-20(24)17-9-7-16(8-10-17)19-6-3-2-5-18(19)13-23/h2-3,5-10,23H,4,11-15H2,1H3,(H,22,24). The number of carbonyl (C=O) groups is 1. The van der Waals surface area contributed by atoms with Crippen LogP contribution < -0.4 is 5.32 Å². The second-order valence-electron chi connectivity index (χ2n) is 6.86. The molecule has 0 unspecified atom stereocenters. The van der Waals surface area contributed by atoms with Crippen molar-refractivity contribution < 1.29 is 14.6 Å². The Morgan fingerprint density at radius 3 is 2.48 bits per heavy atom. The molecule has 2 N–H and O–H groups in total. The molecule has 4 heteroatoms. The first-order chi connectivity index (χ1) is 12.2. The number of hydrogen-bond donors (Lipinski definition) is 2. The van der Waals surface area contributed by atoms with E-state index in [1.54, 1.807) is 7.11 Å². The predicted molar refractivity (Wildman–Crippen MR) is 98.3 cm³/mol. The minimum atomic E-state index is -0.0515. The molecule has 0 aliphatic heterocycles. The summed E-state index contributed by atoms with van der Waals surface area (Å²) in [5.41, 5.74) is 3.63. The molecule has 0 bridgehead atoms. The summed E-state index contributed by atoms with van der Waals surface area (Å²) in [6.45, 7) is 1.36. The molecule has 1 fully saturated rings. The number of benzene rings is 2. The number of amides is 1. The van der Waals surface area contributed by atoms with Gasteiger partial charge in [0.05, 0.1) is 13.2 Å². The van der Waals surface area contributed by atoms with Crippen molar-refractivity contribution in [3.05, 3.63) is 59.7 Å². The fourth-order valence-electron chi connectivity index (χ4n) is 3.47. The fourth-order valence-corrected chi connectivity index (χ4v) is 3.47. The first-order valence-corrected chi connectivity index (χ1v) is 8.74. The summed E-state index contributed by atoms with van der Waals surface area (Å²) in [6.07, 6.45) is 3.42. The van der Waals surface area contributed by atoms with Gasteiger partial charge >= 0.3 is 0 Å². The summed E-state index contributed by atoms with van der Waals surface area (Å²) in [5, 5.41) is 12.5. The topological polar surface area (TPSA) is 58.6 Å². The van der Waals surface area contributed by atoms with E-state index in [1.807, 2.05) is 48.5 Å². The number of aliphatic hydroxyl groups excluding tert-OH is 1. The zero-order valence-electron chi connectivity index (χ0n) is 14.6. The second kappa shape index (κ2) is 7.81. The van der Waals surface area contributed by atoms with Crippen LogP contribution in [0, 0.1) is 5.41 Å².